The van der Waals surface area contributed by atoms with Crippen molar-refractivity contribution in [1.29, 1.82) is 0 Å². The Labute approximate surface area is 178 Å². The third kappa shape index (κ3) is 3.53. The molecule has 0 saturated heterocycles. The number of nitrogens with zero attached hydrogens (tertiary/aromatic N) is 1. The number of ketones is 1. The van der Waals surface area contributed by atoms with Gasteiger partial charge in [0.2, 0.25) is 0 Å². The van der Waals surface area contributed by atoms with Gasteiger partial charge < -0.3 is 15.0 Å². The molecule has 4 rings (SSSR count). The van der Waals surface area contributed by atoms with Gasteiger partial charge in [-0.25, -0.2) is 4.79 Å². The molecule has 0 bridgehead atoms. The molecule has 3 aromatic rings. The molecule has 0 fully saturated rings. The van der Waals surface area contributed by atoms with Crippen molar-refractivity contribution in [3.8, 4) is 0 Å². The molecule has 3 aromatic carbocycles. The van der Waals surface area contributed by atoms with Crippen molar-refractivity contribution in [2.45, 2.75) is 6.54 Å². The Bertz CT molecular complexity index is 1160. The largest absolute Gasteiger partial charge is 0.465 e. The van der Waals surface area contributed by atoms with Gasteiger partial charge in [0.15, 0.2) is 0 Å². The summed E-state index contributed by atoms with van der Waals surface area (Å²) in [5.41, 5.74) is 2.77. The van der Waals surface area contributed by atoms with E-state index in [-0.39, 0.29) is 17.7 Å². The van der Waals surface area contributed by atoms with Crippen molar-refractivity contribution >= 4 is 46.3 Å². The van der Waals surface area contributed by atoms with Crippen molar-refractivity contribution in [1.82, 2.24) is 0 Å². The predicted octanol–water partition coefficient (Wildman–Crippen LogP) is 4.60. The number of benzene rings is 3. The van der Waals surface area contributed by atoms with E-state index in [2.05, 4.69) is 5.32 Å². The second-order valence-electron chi connectivity index (χ2n) is 6.71. The van der Waals surface area contributed by atoms with Crippen LogP contribution < -0.4 is 10.2 Å². The summed E-state index contributed by atoms with van der Waals surface area (Å²) >= 11 is 6.01. The van der Waals surface area contributed by atoms with Gasteiger partial charge in [-0.05, 0) is 35.9 Å². The number of nitrogens with one attached hydrogen (secondary N) is 1. The maximum Gasteiger partial charge on any atom is 0.340 e. The number of carbonyl (C=O) groups excluding carboxylic acids is 3. The molecule has 0 saturated carbocycles. The van der Waals surface area contributed by atoms with Crippen LogP contribution in [0.5, 0.6) is 0 Å². The molecule has 1 N–H and O–H groups in total. The summed E-state index contributed by atoms with van der Waals surface area (Å²) in [6, 6.07) is 19.3. The van der Waals surface area contributed by atoms with Crippen molar-refractivity contribution in [3.63, 3.8) is 0 Å². The van der Waals surface area contributed by atoms with Gasteiger partial charge in [0.05, 0.1) is 41.8 Å². The van der Waals surface area contributed by atoms with Crippen LogP contribution in [-0.4, -0.2) is 24.8 Å². The molecule has 7 heteroatoms. The lowest BCUT2D eigenvalue weighted by Gasteiger charge is -2.18. The third-order valence-electron chi connectivity index (χ3n) is 4.84. The molecule has 6 nitrogen and oxygen atoms in total. The maximum atomic E-state index is 12.8. The second kappa shape index (κ2) is 8.00. The normalized spacial score (nSPS) is 12.7. The van der Waals surface area contributed by atoms with Crippen LogP contribution in [0.2, 0.25) is 5.02 Å². The van der Waals surface area contributed by atoms with E-state index in [1.54, 1.807) is 30.3 Å². The SMILES string of the molecule is COC(=O)c1cc(Cl)ccc1Nc1cccc2c1C(=O)C(=O)N2Cc1ccccc1. The quantitative estimate of drug-likeness (QED) is 0.482. The highest BCUT2D eigenvalue weighted by atomic mass is 35.5. The standard InChI is InChI=1S/C23H17ClN2O4/c1-30-23(29)16-12-15(24)10-11-17(16)25-18-8-5-9-19-20(18)21(27)22(28)26(19)13-14-6-3-2-4-7-14/h2-12,25H,13H2,1H3. The van der Waals surface area contributed by atoms with E-state index in [0.717, 1.165) is 5.56 Å². The molecule has 0 spiro atoms. The lowest BCUT2D eigenvalue weighted by molar-refractivity contribution is -0.114. The van der Waals surface area contributed by atoms with Gasteiger partial charge in [0, 0.05) is 5.02 Å². The number of amides is 1. The zero-order valence-corrected chi connectivity index (χ0v) is 16.8. The Hall–Kier alpha value is -3.64. The molecule has 1 aliphatic rings. The number of esters is 1. The zero-order chi connectivity index (χ0) is 21.3. The average Bonchev–Trinajstić information content (AvgIpc) is 3.00. The summed E-state index contributed by atoms with van der Waals surface area (Å²) in [5, 5.41) is 3.47. The predicted molar refractivity (Wildman–Crippen MR) is 114 cm³/mol. The molecule has 0 aliphatic carbocycles. The first-order chi connectivity index (χ1) is 14.5. The number of hydrogen-bond acceptors (Lipinski definition) is 5. The molecule has 0 radical (unpaired) electrons. The zero-order valence-electron chi connectivity index (χ0n) is 16.0. The number of ether oxygens (including phenoxy) is 1. The number of methoxy groups -OCH3 is 1. The summed E-state index contributed by atoms with van der Waals surface area (Å²) in [5.74, 6) is -1.76. The lowest BCUT2D eigenvalue weighted by Crippen LogP contribution is -2.29. The van der Waals surface area contributed by atoms with E-state index in [4.69, 9.17) is 16.3 Å². The first-order valence-corrected chi connectivity index (χ1v) is 9.55. The molecule has 150 valence electrons. The Kier molecular flexibility index (Phi) is 5.25. The van der Waals surface area contributed by atoms with Crippen molar-refractivity contribution in [2.75, 3.05) is 17.3 Å². The number of fused-ring (bicyclic) bond motifs is 1. The van der Waals surface area contributed by atoms with Gasteiger partial charge in [-0.1, -0.05) is 48.0 Å². The molecule has 30 heavy (non-hydrogen) atoms. The van der Waals surface area contributed by atoms with E-state index < -0.39 is 17.7 Å². The highest BCUT2D eigenvalue weighted by Gasteiger charge is 2.37. The fourth-order valence-electron chi connectivity index (χ4n) is 3.42. The van der Waals surface area contributed by atoms with Gasteiger partial charge in [-0.15, -0.1) is 0 Å². The first kappa shape index (κ1) is 19.7. The Morgan fingerprint density at radius 2 is 1.77 bits per heavy atom. The maximum absolute atomic E-state index is 12.8. The van der Waals surface area contributed by atoms with Gasteiger partial charge >= 0.3 is 5.97 Å². The van der Waals surface area contributed by atoms with Crippen LogP contribution >= 0.6 is 11.6 Å². The fraction of sp³-hybridized carbons (Fsp3) is 0.0870. The van der Waals surface area contributed by atoms with E-state index in [1.807, 2.05) is 30.3 Å². The van der Waals surface area contributed by atoms with Gasteiger partial charge in [-0.2, -0.15) is 0 Å². The summed E-state index contributed by atoms with van der Waals surface area (Å²) in [4.78, 5) is 39.1. The van der Waals surface area contributed by atoms with Gasteiger partial charge in [0.25, 0.3) is 11.7 Å². The number of halogens is 1. The lowest BCUT2D eigenvalue weighted by atomic mass is 10.1. The number of carbonyl (C=O) groups is 3. The van der Waals surface area contributed by atoms with Crippen LogP contribution in [0.1, 0.15) is 26.3 Å². The summed E-state index contributed by atoms with van der Waals surface area (Å²) < 4.78 is 4.82. The number of anilines is 3. The van der Waals surface area contributed by atoms with Crippen LogP contribution in [0.15, 0.2) is 66.7 Å². The van der Waals surface area contributed by atoms with Crippen molar-refractivity contribution < 1.29 is 19.1 Å². The molecular weight excluding hydrogens is 404 g/mol. The molecule has 0 aromatic heterocycles. The molecule has 0 atom stereocenters. The summed E-state index contributed by atoms with van der Waals surface area (Å²) in [7, 11) is 1.27. The van der Waals surface area contributed by atoms with E-state index in [1.165, 1.54) is 18.1 Å². The minimum absolute atomic E-state index is 0.223. The van der Waals surface area contributed by atoms with Crippen LogP contribution in [0.3, 0.4) is 0 Å². The first-order valence-electron chi connectivity index (χ1n) is 9.17. The Balaban J connectivity index is 1.73. The third-order valence-corrected chi connectivity index (χ3v) is 5.07. The van der Waals surface area contributed by atoms with Crippen molar-refractivity contribution in [2.24, 2.45) is 0 Å². The molecular formula is C23H17ClN2O4. The Morgan fingerprint density at radius 3 is 2.50 bits per heavy atom. The van der Waals surface area contributed by atoms with Gasteiger partial charge in [-0.3, -0.25) is 9.59 Å². The van der Waals surface area contributed by atoms with E-state index in [9.17, 15) is 14.4 Å². The van der Waals surface area contributed by atoms with Crippen molar-refractivity contribution in [3.05, 3.63) is 88.4 Å². The van der Waals surface area contributed by atoms with E-state index >= 15 is 0 Å². The molecule has 1 amide bonds. The topological polar surface area (TPSA) is 75.7 Å². The smallest absolute Gasteiger partial charge is 0.340 e. The highest BCUT2D eigenvalue weighted by Crippen LogP contribution is 2.37. The number of rotatable bonds is 5. The van der Waals surface area contributed by atoms with Crippen LogP contribution in [0, 0.1) is 0 Å². The van der Waals surface area contributed by atoms with Crippen LogP contribution in [0.4, 0.5) is 17.1 Å². The summed E-state index contributed by atoms with van der Waals surface area (Å²) in [6.45, 7) is 0.288. The van der Waals surface area contributed by atoms with Crippen LogP contribution in [-0.2, 0) is 16.1 Å². The Morgan fingerprint density at radius 1 is 1.00 bits per heavy atom. The fourth-order valence-corrected chi connectivity index (χ4v) is 3.59. The monoisotopic (exact) mass is 420 g/mol. The summed E-state index contributed by atoms with van der Waals surface area (Å²) in [6.07, 6.45) is 0. The molecule has 1 aliphatic heterocycles. The molecule has 0 unspecified atom stereocenters. The second-order valence-corrected chi connectivity index (χ2v) is 7.15. The average molecular weight is 421 g/mol. The number of Topliss-reactive ketones (excluding diaryl/α,β-unsaturated/α-hetero) is 1. The highest BCUT2D eigenvalue weighted by molar-refractivity contribution is 6.53. The molecule has 1 heterocycles. The minimum Gasteiger partial charge on any atom is -0.465 e. The van der Waals surface area contributed by atoms with Gasteiger partial charge in [0.1, 0.15) is 0 Å². The van der Waals surface area contributed by atoms with E-state index in [0.29, 0.717) is 22.1 Å². The van der Waals surface area contributed by atoms with Crippen LogP contribution in [0.25, 0.3) is 0 Å². The minimum atomic E-state index is -0.599. The number of hydrogen-bond donors (Lipinski definition) is 1.